The van der Waals surface area contributed by atoms with Gasteiger partial charge in [-0.1, -0.05) is 17.7 Å². The molecule has 0 bridgehead atoms. The quantitative estimate of drug-likeness (QED) is 0.919. The molecule has 2 rings (SSSR count). The highest BCUT2D eigenvalue weighted by atomic mass is 16.5. The lowest BCUT2D eigenvalue weighted by atomic mass is 10.0. The van der Waals surface area contributed by atoms with Crippen LogP contribution in [0.1, 0.15) is 29.7 Å². The van der Waals surface area contributed by atoms with Crippen LogP contribution in [0.4, 0.5) is 0 Å². The van der Waals surface area contributed by atoms with Gasteiger partial charge in [0.25, 0.3) is 5.56 Å². The van der Waals surface area contributed by atoms with Crippen molar-refractivity contribution in [2.75, 3.05) is 13.7 Å². The molecule has 118 valence electrons. The summed E-state index contributed by atoms with van der Waals surface area (Å²) in [6.07, 6.45) is 0. The van der Waals surface area contributed by atoms with E-state index in [2.05, 4.69) is 23.3 Å². The molecule has 1 unspecified atom stereocenters. The third-order valence-electron chi connectivity index (χ3n) is 3.67. The van der Waals surface area contributed by atoms with E-state index in [-0.39, 0.29) is 11.6 Å². The summed E-state index contributed by atoms with van der Waals surface area (Å²) in [6, 6.07) is 7.66. The molecule has 2 N–H and O–H groups in total. The van der Waals surface area contributed by atoms with Crippen LogP contribution >= 0.6 is 0 Å². The third kappa shape index (κ3) is 3.43. The standard InChI is InChI=1S/C17H23N3O2/c1-11-5-6-12(2)14(9-11)16-10-15(13(3)18)17(21)20(19-16)7-8-22-4/h5-6,9-10,13H,7-8,18H2,1-4H3. The Morgan fingerprint density at radius 1 is 1.32 bits per heavy atom. The van der Waals surface area contributed by atoms with Crippen molar-refractivity contribution in [2.24, 2.45) is 5.73 Å². The van der Waals surface area contributed by atoms with E-state index in [0.717, 1.165) is 22.4 Å². The first-order valence-corrected chi connectivity index (χ1v) is 7.38. The van der Waals surface area contributed by atoms with Crippen LogP contribution in [0.15, 0.2) is 29.1 Å². The second-order valence-electron chi connectivity index (χ2n) is 5.61. The normalized spacial score (nSPS) is 12.4. The number of benzene rings is 1. The molecule has 5 heteroatoms. The van der Waals surface area contributed by atoms with Crippen molar-refractivity contribution in [3.63, 3.8) is 0 Å². The van der Waals surface area contributed by atoms with Gasteiger partial charge < -0.3 is 10.5 Å². The van der Waals surface area contributed by atoms with E-state index in [1.807, 2.05) is 20.8 Å². The van der Waals surface area contributed by atoms with Crippen molar-refractivity contribution >= 4 is 0 Å². The first-order chi connectivity index (χ1) is 10.4. The molecule has 0 aliphatic heterocycles. The number of hydrogen-bond donors (Lipinski definition) is 1. The van der Waals surface area contributed by atoms with Crippen molar-refractivity contribution in [2.45, 2.75) is 33.4 Å². The fraction of sp³-hybridized carbons (Fsp3) is 0.412. The Morgan fingerprint density at radius 3 is 2.68 bits per heavy atom. The van der Waals surface area contributed by atoms with Crippen LogP contribution in [0.3, 0.4) is 0 Å². The first-order valence-electron chi connectivity index (χ1n) is 7.38. The molecule has 1 aromatic heterocycles. The monoisotopic (exact) mass is 301 g/mol. The summed E-state index contributed by atoms with van der Waals surface area (Å²) >= 11 is 0. The molecule has 0 fully saturated rings. The molecular weight excluding hydrogens is 278 g/mol. The van der Waals surface area contributed by atoms with Crippen LogP contribution in [-0.2, 0) is 11.3 Å². The van der Waals surface area contributed by atoms with Gasteiger partial charge in [0.2, 0.25) is 0 Å². The third-order valence-corrected chi connectivity index (χ3v) is 3.67. The highest BCUT2D eigenvalue weighted by Crippen LogP contribution is 2.23. The van der Waals surface area contributed by atoms with Crippen LogP contribution in [0.5, 0.6) is 0 Å². The number of nitrogens with two attached hydrogens (primary N) is 1. The zero-order valence-corrected chi connectivity index (χ0v) is 13.6. The van der Waals surface area contributed by atoms with E-state index in [0.29, 0.717) is 18.7 Å². The molecule has 0 saturated heterocycles. The topological polar surface area (TPSA) is 70.1 Å². The van der Waals surface area contributed by atoms with E-state index < -0.39 is 0 Å². The zero-order valence-electron chi connectivity index (χ0n) is 13.6. The second-order valence-corrected chi connectivity index (χ2v) is 5.61. The highest BCUT2D eigenvalue weighted by Gasteiger charge is 2.14. The fourth-order valence-electron chi connectivity index (χ4n) is 2.36. The average molecular weight is 301 g/mol. The first kappa shape index (κ1) is 16.4. The summed E-state index contributed by atoms with van der Waals surface area (Å²) in [5.41, 5.74) is 10.4. The van der Waals surface area contributed by atoms with E-state index >= 15 is 0 Å². The summed E-state index contributed by atoms with van der Waals surface area (Å²) in [5, 5.41) is 4.49. The van der Waals surface area contributed by atoms with Gasteiger partial charge in [0, 0.05) is 24.3 Å². The maximum absolute atomic E-state index is 12.4. The van der Waals surface area contributed by atoms with E-state index in [1.54, 1.807) is 13.2 Å². The van der Waals surface area contributed by atoms with Crippen LogP contribution in [0, 0.1) is 13.8 Å². The molecule has 1 atom stereocenters. The van der Waals surface area contributed by atoms with Gasteiger partial charge in [-0.25, -0.2) is 4.68 Å². The second kappa shape index (κ2) is 6.85. The summed E-state index contributed by atoms with van der Waals surface area (Å²) in [4.78, 5) is 12.4. The van der Waals surface area contributed by atoms with Crippen molar-refractivity contribution in [3.8, 4) is 11.3 Å². The molecule has 22 heavy (non-hydrogen) atoms. The van der Waals surface area contributed by atoms with Gasteiger partial charge in [0.1, 0.15) is 0 Å². The molecular formula is C17H23N3O2. The minimum absolute atomic E-state index is 0.152. The van der Waals surface area contributed by atoms with Crippen LogP contribution in [0.25, 0.3) is 11.3 Å². The Labute approximate surface area is 130 Å². The molecule has 5 nitrogen and oxygen atoms in total. The largest absolute Gasteiger partial charge is 0.383 e. The lowest BCUT2D eigenvalue weighted by molar-refractivity contribution is 0.181. The molecule has 1 heterocycles. The maximum atomic E-state index is 12.4. The minimum Gasteiger partial charge on any atom is -0.383 e. The van der Waals surface area contributed by atoms with Gasteiger partial charge in [0.15, 0.2) is 0 Å². The number of nitrogens with zero attached hydrogens (tertiary/aromatic N) is 2. The maximum Gasteiger partial charge on any atom is 0.271 e. The summed E-state index contributed by atoms with van der Waals surface area (Å²) in [5.74, 6) is 0. The van der Waals surface area contributed by atoms with Gasteiger partial charge >= 0.3 is 0 Å². The Hall–Kier alpha value is -1.98. The van der Waals surface area contributed by atoms with Crippen molar-refractivity contribution in [1.82, 2.24) is 9.78 Å². The Balaban J connectivity index is 2.63. The van der Waals surface area contributed by atoms with Crippen LogP contribution < -0.4 is 11.3 Å². The average Bonchev–Trinajstić information content (AvgIpc) is 2.48. The van der Waals surface area contributed by atoms with E-state index in [4.69, 9.17) is 10.5 Å². The molecule has 0 aliphatic carbocycles. The number of aromatic nitrogens is 2. The lowest BCUT2D eigenvalue weighted by Crippen LogP contribution is -2.31. The molecule has 0 amide bonds. The van der Waals surface area contributed by atoms with Gasteiger partial charge in [0.05, 0.1) is 18.8 Å². The van der Waals surface area contributed by atoms with Crippen molar-refractivity contribution < 1.29 is 4.74 Å². The summed E-state index contributed by atoms with van der Waals surface area (Å²) in [7, 11) is 1.60. The van der Waals surface area contributed by atoms with Crippen molar-refractivity contribution in [1.29, 1.82) is 0 Å². The molecule has 1 aromatic carbocycles. The minimum atomic E-state index is -0.340. The van der Waals surface area contributed by atoms with Crippen molar-refractivity contribution in [3.05, 3.63) is 51.3 Å². The number of methoxy groups -OCH3 is 1. The fourth-order valence-corrected chi connectivity index (χ4v) is 2.36. The Bertz CT molecular complexity index is 720. The molecule has 0 saturated carbocycles. The molecule has 2 aromatic rings. The summed E-state index contributed by atoms with van der Waals surface area (Å²) in [6.45, 7) is 6.72. The lowest BCUT2D eigenvalue weighted by Gasteiger charge is -2.14. The van der Waals surface area contributed by atoms with Crippen LogP contribution in [-0.4, -0.2) is 23.5 Å². The van der Waals surface area contributed by atoms with Gasteiger partial charge in [-0.15, -0.1) is 0 Å². The Morgan fingerprint density at radius 2 is 2.05 bits per heavy atom. The number of aryl methyl sites for hydroxylation is 2. The van der Waals surface area contributed by atoms with E-state index in [1.165, 1.54) is 4.68 Å². The number of rotatable bonds is 5. The predicted octanol–water partition coefficient (Wildman–Crippen LogP) is 2.19. The highest BCUT2D eigenvalue weighted by molar-refractivity contribution is 5.64. The molecule has 0 aliphatic rings. The molecule has 0 radical (unpaired) electrons. The van der Waals surface area contributed by atoms with Gasteiger partial charge in [-0.3, -0.25) is 4.79 Å². The van der Waals surface area contributed by atoms with Gasteiger partial charge in [-0.2, -0.15) is 5.10 Å². The molecule has 0 spiro atoms. The SMILES string of the molecule is COCCn1nc(-c2cc(C)ccc2C)cc(C(C)N)c1=O. The van der Waals surface area contributed by atoms with Crippen LogP contribution in [0.2, 0.25) is 0 Å². The van der Waals surface area contributed by atoms with Gasteiger partial charge in [-0.05, 0) is 38.5 Å². The number of hydrogen-bond acceptors (Lipinski definition) is 4. The predicted molar refractivity (Wildman–Crippen MR) is 87.9 cm³/mol. The number of ether oxygens (including phenoxy) is 1. The summed E-state index contributed by atoms with van der Waals surface area (Å²) < 4.78 is 6.50. The van der Waals surface area contributed by atoms with E-state index in [9.17, 15) is 4.79 Å². The zero-order chi connectivity index (χ0) is 16.3. The smallest absolute Gasteiger partial charge is 0.271 e. The Kier molecular flexibility index (Phi) is 5.11.